The van der Waals surface area contributed by atoms with Crippen LogP contribution >= 0.6 is 23.2 Å². The zero-order valence-corrected chi connectivity index (χ0v) is 15.7. The topological polar surface area (TPSA) is 52.7 Å². The summed E-state index contributed by atoms with van der Waals surface area (Å²) in [5.41, 5.74) is 0.580. The molecule has 0 saturated carbocycles. The zero-order chi connectivity index (χ0) is 17.8. The van der Waals surface area contributed by atoms with Crippen molar-refractivity contribution in [3.8, 4) is 0 Å². The van der Waals surface area contributed by atoms with Gasteiger partial charge in [-0.25, -0.2) is 0 Å². The number of hydrogen-bond donors (Lipinski definition) is 1. The lowest BCUT2D eigenvalue weighted by molar-refractivity contribution is -0.134. The Morgan fingerprint density at radius 3 is 2.36 bits per heavy atom. The Morgan fingerprint density at radius 2 is 1.68 bits per heavy atom. The summed E-state index contributed by atoms with van der Waals surface area (Å²) in [5.74, 6) is 0.0208. The smallest absolute Gasteiger partial charge is 0.241 e. The Morgan fingerprint density at radius 1 is 1.00 bits per heavy atom. The van der Waals surface area contributed by atoms with Gasteiger partial charge in [0.1, 0.15) is 0 Å². The average Bonchev–Trinajstić information content (AvgIpc) is 3.03. The van der Waals surface area contributed by atoms with Gasteiger partial charge in [0, 0.05) is 28.8 Å². The highest BCUT2D eigenvalue weighted by Crippen LogP contribution is 2.24. The lowest BCUT2D eigenvalue weighted by atomic mass is 10.1. The van der Waals surface area contributed by atoms with Crippen molar-refractivity contribution in [2.75, 3.05) is 31.5 Å². The molecule has 136 valence electrons. The average molecular weight is 384 g/mol. The van der Waals surface area contributed by atoms with Crippen LogP contribution in [-0.4, -0.2) is 53.8 Å². The van der Waals surface area contributed by atoms with Crippen LogP contribution in [0.25, 0.3) is 0 Å². The third-order valence-corrected chi connectivity index (χ3v) is 5.28. The monoisotopic (exact) mass is 383 g/mol. The Bertz CT molecular complexity index is 627. The van der Waals surface area contributed by atoms with Gasteiger partial charge < -0.3 is 10.2 Å². The molecule has 0 aromatic heterocycles. The molecule has 1 N–H and O–H groups in total. The lowest BCUT2D eigenvalue weighted by Crippen LogP contribution is -2.47. The fourth-order valence-electron chi connectivity index (χ4n) is 3.58. The molecule has 3 rings (SSSR count). The maximum absolute atomic E-state index is 12.6. The second-order valence-corrected chi connectivity index (χ2v) is 7.59. The van der Waals surface area contributed by atoms with Crippen molar-refractivity contribution in [1.82, 2.24) is 9.80 Å². The molecule has 0 unspecified atom stereocenters. The van der Waals surface area contributed by atoms with E-state index >= 15 is 0 Å². The van der Waals surface area contributed by atoms with Crippen LogP contribution in [0.4, 0.5) is 5.69 Å². The SMILES string of the molecule is O=C(Nc1cc(Cl)cc(Cl)c1)[C@H]1CCCN1CC(=O)N1CCCCC1. The molecule has 5 nitrogen and oxygen atoms in total. The summed E-state index contributed by atoms with van der Waals surface area (Å²) in [7, 11) is 0. The first-order valence-corrected chi connectivity index (χ1v) is 9.57. The quantitative estimate of drug-likeness (QED) is 0.866. The summed E-state index contributed by atoms with van der Waals surface area (Å²) in [6.45, 7) is 2.76. The molecule has 1 aromatic carbocycles. The maximum Gasteiger partial charge on any atom is 0.241 e. The standard InChI is InChI=1S/C18H23Cl2N3O2/c19-13-9-14(20)11-15(10-13)21-18(25)16-5-4-8-23(16)12-17(24)22-6-2-1-3-7-22/h9-11,16H,1-8,12H2,(H,21,25)/t16-/m1/s1. The molecule has 2 aliphatic heterocycles. The van der Waals surface area contributed by atoms with Crippen molar-refractivity contribution in [3.05, 3.63) is 28.2 Å². The lowest BCUT2D eigenvalue weighted by Gasteiger charge is -2.30. The van der Waals surface area contributed by atoms with E-state index in [2.05, 4.69) is 5.32 Å². The largest absolute Gasteiger partial charge is 0.342 e. The summed E-state index contributed by atoms with van der Waals surface area (Å²) in [5, 5.41) is 3.83. The molecular weight excluding hydrogens is 361 g/mol. The number of anilines is 1. The van der Waals surface area contributed by atoms with Crippen molar-refractivity contribution in [2.45, 2.75) is 38.1 Å². The fourth-order valence-corrected chi connectivity index (χ4v) is 4.11. The van der Waals surface area contributed by atoms with Gasteiger partial charge in [-0.05, 0) is 56.8 Å². The van der Waals surface area contributed by atoms with E-state index in [0.29, 0.717) is 22.3 Å². The molecule has 0 spiro atoms. The Hall–Kier alpha value is -1.30. The maximum atomic E-state index is 12.6. The highest BCUT2D eigenvalue weighted by atomic mass is 35.5. The van der Waals surface area contributed by atoms with E-state index < -0.39 is 0 Å². The highest BCUT2D eigenvalue weighted by Gasteiger charge is 2.33. The van der Waals surface area contributed by atoms with Crippen molar-refractivity contribution < 1.29 is 9.59 Å². The molecule has 7 heteroatoms. The Balaban J connectivity index is 1.60. The van der Waals surface area contributed by atoms with Crippen LogP contribution in [0.2, 0.25) is 10.0 Å². The van der Waals surface area contributed by atoms with Crippen LogP contribution in [0.15, 0.2) is 18.2 Å². The summed E-state index contributed by atoms with van der Waals surface area (Å²) >= 11 is 12.0. The van der Waals surface area contributed by atoms with E-state index in [1.807, 2.05) is 9.80 Å². The molecule has 0 bridgehead atoms. The van der Waals surface area contributed by atoms with Gasteiger partial charge in [0.2, 0.25) is 11.8 Å². The predicted octanol–water partition coefficient (Wildman–Crippen LogP) is 3.41. The molecule has 2 fully saturated rings. The van der Waals surface area contributed by atoms with Crippen LogP contribution in [0, 0.1) is 0 Å². The minimum atomic E-state index is -0.286. The van der Waals surface area contributed by atoms with Gasteiger partial charge >= 0.3 is 0 Å². The summed E-state index contributed by atoms with van der Waals surface area (Å²) in [6, 6.07) is 4.68. The number of nitrogens with one attached hydrogen (secondary N) is 1. The Kier molecular flexibility index (Phi) is 6.20. The minimum Gasteiger partial charge on any atom is -0.342 e. The normalized spacial score (nSPS) is 21.4. The van der Waals surface area contributed by atoms with E-state index in [1.165, 1.54) is 6.42 Å². The third kappa shape index (κ3) is 4.87. The molecular formula is C18H23Cl2N3O2. The number of carbonyl (C=O) groups excluding carboxylic acids is 2. The van der Waals surface area contributed by atoms with Crippen LogP contribution < -0.4 is 5.32 Å². The number of hydrogen-bond acceptors (Lipinski definition) is 3. The van der Waals surface area contributed by atoms with Gasteiger partial charge in [0.15, 0.2) is 0 Å². The summed E-state index contributed by atoms with van der Waals surface area (Å²) in [4.78, 5) is 29.0. The Labute approximate surface area is 158 Å². The number of amides is 2. The number of likely N-dealkylation sites (tertiary alicyclic amines) is 2. The summed E-state index contributed by atoms with van der Waals surface area (Å²) in [6.07, 6.45) is 5.02. The molecule has 2 saturated heterocycles. The van der Waals surface area contributed by atoms with Gasteiger partial charge in [0.05, 0.1) is 12.6 Å². The zero-order valence-electron chi connectivity index (χ0n) is 14.1. The number of rotatable bonds is 4. The van der Waals surface area contributed by atoms with Crippen molar-refractivity contribution in [3.63, 3.8) is 0 Å². The van der Waals surface area contributed by atoms with Crippen LogP contribution in [0.3, 0.4) is 0 Å². The second kappa shape index (κ2) is 8.39. The fraction of sp³-hybridized carbons (Fsp3) is 0.556. The van der Waals surface area contributed by atoms with Gasteiger partial charge in [-0.15, -0.1) is 0 Å². The first-order chi connectivity index (χ1) is 12.0. The molecule has 25 heavy (non-hydrogen) atoms. The van der Waals surface area contributed by atoms with Crippen LogP contribution in [-0.2, 0) is 9.59 Å². The molecule has 2 heterocycles. The van der Waals surface area contributed by atoms with E-state index in [0.717, 1.165) is 45.3 Å². The van der Waals surface area contributed by atoms with Crippen LogP contribution in [0.1, 0.15) is 32.1 Å². The number of nitrogens with zero attached hydrogens (tertiary/aromatic N) is 2. The molecule has 2 amide bonds. The molecule has 2 aliphatic rings. The minimum absolute atomic E-state index is 0.109. The molecule has 1 atom stereocenters. The first-order valence-electron chi connectivity index (χ1n) is 8.82. The van der Waals surface area contributed by atoms with E-state index in [4.69, 9.17) is 23.2 Å². The number of benzene rings is 1. The second-order valence-electron chi connectivity index (χ2n) is 6.72. The molecule has 1 aromatic rings. The van der Waals surface area contributed by atoms with Crippen LogP contribution in [0.5, 0.6) is 0 Å². The summed E-state index contributed by atoms with van der Waals surface area (Å²) < 4.78 is 0. The van der Waals surface area contributed by atoms with Gasteiger partial charge in [-0.2, -0.15) is 0 Å². The van der Waals surface area contributed by atoms with E-state index in [9.17, 15) is 9.59 Å². The van der Waals surface area contributed by atoms with E-state index in [1.54, 1.807) is 18.2 Å². The number of halogens is 2. The molecule has 0 aliphatic carbocycles. The van der Waals surface area contributed by atoms with Crippen molar-refractivity contribution >= 4 is 40.7 Å². The van der Waals surface area contributed by atoms with E-state index in [-0.39, 0.29) is 17.9 Å². The highest BCUT2D eigenvalue weighted by molar-refractivity contribution is 6.35. The number of carbonyl (C=O) groups is 2. The first kappa shape index (κ1) is 18.5. The molecule has 0 radical (unpaired) electrons. The van der Waals surface area contributed by atoms with Gasteiger partial charge in [-0.3, -0.25) is 14.5 Å². The van der Waals surface area contributed by atoms with Crippen molar-refractivity contribution in [2.24, 2.45) is 0 Å². The number of piperidine rings is 1. The predicted molar refractivity (Wildman–Crippen MR) is 100 cm³/mol. The van der Waals surface area contributed by atoms with Crippen molar-refractivity contribution in [1.29, 1.82) is 0 Å². The van der Waals surface area contributed by atoms with Gasteiger partial charge in [0.25, 0.3) is 0 Å². The van der Waals surface area contributed by atoms with Gasteiger partial charge in [-0.1, -0.05) is 23.2 Å². The third-order valence-electron chi connectivity index (χ3n) is 4.84.